The summed E-state index contributed by atoms with van der Waals surface area (Å²) in [7, 11) is 0. The van der Waals surface area contributed by atoms with Gasteiger partial charge in [-0.3, -0.25) is 0 Å². The summed E-state index contributed by atoms with van der Waals surface area (Å²) in [5.74, 6) is 1.97. The van der Waals surface area contributed by atoms with Crippen LogP contribution in [0, 0.1) is 11.8 Å². The third kappa shape index (κ3) is 4.59. The van der Waals surface area contributed by atoms with Crippen molar-refractivity contribution in [3.63, 3.8) is 0 Å². The molecule has 0 aromatic rings. The van der Waals surface area contributed by atoms with Crippen LogP contribution < -0.4 is 11.5 Å². The second kappa shape index (κ2) is 6.75. The highest BCUT2D eigenvalue weighted by molar-refractivity contribution is 4.77. The number of rotatable bonds is 4. The predicted octanol–water partition coefficient (Wildman–Crippen LogP) is 3.19. The fourth-order valence-electron chi connectivity index (χ4n) is 3.65. The van der Waals surface area contributed by atoms with Crippen LogP contribution in [0.2, 0.25) is 0 Å². The van der Waals surface area contributed by atoms with Crippen LogP contribution in [0.3, 0.4) is 0 Å². The standard InChI is InChI=1S/C15H30N2/c16-14-8-4-12(5-9-14)2-1-3-13-6-10-15(17)11-7-13/h12-15H,1-11,16-17H2. The van der Waals surface area contributed by atoms with E-state index in [0.717, 1.165) is 11.8 Å². The molecule has 2 nitrogen and oxygen atoms in total. The lowest BCUT2D eigenvalue weighted by atomic mass is 9.80. The van der Waals surface area contributed by atoms with Gasteiger partial charge in [-0.1, -0.05) is 19.3 Å². The predicted molar refractivity (Wildman–Crippen MR) is 73.7 cm³/mol. The second-order valence-electron chi connectivity index (χ2n) is 6.49. The minimum atomic E-state index is 0.506. The molecule has 0 atom stereocenters. The van der Waals surface area contributed by atoms with Crippen molar-refractivity contribution in [1.29, 1.82) is 0 Å². The van der Waals surface area contributed by atoms with E-state index in [1.165, 1.54) is 70.6 Å². The molecule has 0 aromatic heterocycles. The molecule has 2 aliphatic rings. The van der Waals surface area contributed by atoms with Gasteiger partial charge in [0.2, 0.25) is 0 Å². The first-order valence-corrected chi connectivity index (χ1v) is 7.75. The molecular weight excluding hydrogens is 208 g/mol. The third-order valence-corrected chi connectivity index (χ3v) is 5.01. The number of hydrogen-bond acceptors (Lipinski definition) is 2. The van der Waals surface area contributed by atoms with Crippen LogP contribution in [0.15, 0.2) is 0 Å². The molecule has 0 heterocycles. The van der Waals surface area contributed by atoms with Gasteiger partial charge in [-0.2, -0.15) is 0 Å². The molecular formula is C15H30N2. The molecule has 0 aliphatic heterocycles. The quantitative estimate of drug-likeness (QED) is 0.790. The smallest absolute Gasteiger partial charge is 0.00390 e. The topological polar surface area (TPSA) is 52.0 Å². The minimum Gasteiger partial charge on any atom is -0.328 e. The normalized spacial score (nSPS) is 39.2. The molecule has 0 bridgehead atoms. The van der Waals surface area contributed by atoms with Crippen LogP contribution in [0.4, 0.5) is 0 Å². The molecule has 2 aliphatic carbocycles. The van der Waals surface area contributed by atoms with E-state index >= 15 is 0 Å². The highest BCUT2D eigenvalue weighted by Gasteiger charge is 2.20. The minimum absolute atomic E-state index is 0.506. The van der Waals surface area contributed by atoms with Gasteiger partial charge in [0.25, 0.3) is 0 Å². The first-order valence-electron chi connectivity index (χ1n) is 7.75. The van der Waals surface area contributed by atoms with Gasteiger partial charge in [0, 0.05) is 12.1 Å². The summed E-state index contributed by atoms with van der Waals surface area (Å²) >= 11 is 0. The van der Waals surface area contributed by atoms with Crippen molar-refractivity contribution in [1.82, 2.24) is 0 Å². The fraction of sp³-hybridized carbons (Fsp3) is 1.00. The Morgan fingerprint density at radius 1 is 0.588 bits per heavy atom. The molecule has 2 fully saturated rings. The molecule has 2 rings (SSSR count). The maximum Gasteiger partial charge on any atom is 0.00390 e. The van der Waals surface area contributed by atoms with Crippen LogP contribution in [0.1, 0.15) is 70.6 Å². The molecule has 0 saturated heterocycles. The van der Waals surface area contributed by atoms with Gasteiger partial charge in [0.15, 0.2) is 0 Å². The Kier molecular flexibility index (Phi) is 5.30. The van der Waals surface area contributed by atoms with E-state index < -0.39 is 0 Å². The molecule has 17 heavy (non-hydrogen) atoms. The van der Waals surface area contributed by atoms with Crippen molar-refractivity contribution in [3.05, 3.63) is 0 Å². The van der Waals surface area contributed by atoms with Crippen molar-refractivity contribution in [2.75, 3.05) is 0 Å². The summed E-state index contributed by atoms with van der Waals surface area (Å²) < 4.78 is 0. The molecule has 0 amide bonds. The van der Waals surface area contributed by atoms with Gasteiger partial charge < -0.3 is 11.5 Å². The summed E-state index contributed by atoms with van der Waals surface area (Å²) in [6.07, 6.45) is 15.0. The zero-order valence-corrected chi connectivity index (χ0v) is 11.2. The molecule has 0 radical (unpaired) electrons. The van der Waals surface area contributed by atoms with E-state index in [4.69, 9.17) is 11.5 Å². The van der Waals surface area contributed by atoms with Gasteiger partial charge in [-0.05, 0) is 63.2 Å². The Bertz CT molecular complexity index is 179. The molecule has 100 valence electrons. The zero-order chi connectivity index (χ0) is 12.1. The second-order valence-corrected chi connectivity index (χ2v) is 6.49. The number of nitrogens with two attached hydrogens (primary N) is 2. The van der Waals surface area contributed by atoms with Crippen molar-refractivity contribution in [3.8, 4) is 0 Å². The average Bonchev–Trinajstić information content (AvgIpc) is 2.34. The van der Waals surface area contributed by atoms with E-state index in [2.05, 4.69) is 0 Å². The molecule has 0 unspecified atom stereocenters. The SMILES string of the molecule is NC1CCC(CCCC2CCC(N)CC2)CC1. The molecule has 0 aromatic carbocycles. The van der Waals surface area contributed by atoms with Crippen LogP contribution in [-0.2, 0) is 0 Å². The van der Waals surface area contributed by atoms with Crippen molar-refractivity contribution < 1.29 is 0 Å². The van der Waals surface area contributed by atoms with E-state index in [-0.39, 0.29) is 0 Å². The summed E-state index contributed by atoms with van der Waals surface area (Å²) in [6, 6.07) is 1.01. The lowest BCUT2D eigenvalue weighted by Crippen LogP contribution is -2.27. The Labute approximate surface area is 107 Å². The first-order chi connectivity index (χ1) is 8.24. The monoisotopic (exact) mass is 238 g/mol. The van der Waals surface area contributed by atoms with Crippen LogP contribution in [0.5, 0.6) is 0 Å². The maximum atomic E-state index is 5.94. The highest BCUT2D eigenvalue weighted by Crippen LogP contribution is 2.31. The Morgan fingerprint density at radius 3 is 1.29 bits per heavy atom. The van der Waals surface area contributed by atoms with E-state index in [1.54, 1.807) is 0 Å². The van der Waals surface area contributed by atoms with Crippen molar-refractivity contribution >= 4 is 0 Å². The van der Waals surface area contributed by atoms with Crippen molar-refractivity contribution in [2.24, 2.45) is 23.3 Å². The van der Waals surface area contributed by atoms with E-state index in [0.29, 0.717) is 12.1 Å². The highest BCUT2D eigenvalue weighted by atomic mass is 14.6. The summed E-state index contributed by atoms with van der Waals surface area (Å²) in [6.45, 7) is 0. The van der Waals surface area contributed by atoms with Crippen LogP contribution >= 0.6 is 0 Å². The van der Waals surface area contributed by atoms with Crippen LogP contribution in [-0.4, -0.2) is 12.1 Å². The van der Waals surface area contributed by atoms with Gasteiger partial charge >= 0.3 is 0 Å². The molecule has 2 heteroatoms. The molecule has 2 saturated carbocycles. The van der Waals surface area contributed by atoms with E-state index in [1.807, 2.05) is 0 Å². The van der Waals surface area contributed by atoms with E-state index in [9.17, 15) is 0 Å². The van der Waals surface area contributed by atoms with Gasteiger partial charge in [0.05, 0.1) is 0 Å². The average molecular weight is 238 g/mol. The largest absolute Gasteiger partial charge is 0.328 e. The van der Waals surface area contributed by atoms with Gasteiger partial charge in [-0.15, -0.1) is 0 Å². The van der Waals surface area contributed by atoms with Crippen LogP contribution in [0.25, 0.3) is 0 Å². The fourth-order valence-corrected chi connectivity index (χ4v) is 3.65. The lowest BCUT2D eigenvalue weighted by molar-refractivity contribution is 0.270. The molecule has 4 N–H and O–H groups in total. The summed E-state index contributed by atoms with van der Waals surface area (Å²) in [4.78, 5) is 0. The summed E-state index contributed by atoms with van der Waals surface area (Å²) in [5.41, 5.74) is 11.9. The van der Waals surface area contributed by atoms with Gasteiger partial charge in [0.1, 0.15) is 0 Å². The Hall–Kier alpha value is -0.0800. The maximum absolute atomic E-state index is 5.94. The first kappa shape index (κ1) is 13.4. The number of hydrogen-bond donors (Lipinski definition) is 2. The zero-order valence-electron chi connectivity index (χ0n) is 11.2. The molecule has 0 spiro atoms. The summed E-state index contributed by atoms with van der Waals surface area (Å²) in [5, 5.41) is 0. The van der Waals surface area contributed by atoms with Crippen molar-refractivity contribution in [2.45, 2.75) is 82.7 Å². The Morgan fingerprint density at radius 2 is 0.941 bits per heavy atom. The third-order valence-electron chi connectivity index (χ3n) is 5.01. The lowest BCUT2D eigenvalue weighted by Gasteiger charge is -2.28. The van der Waals surface area contributed by atoms with Gasteiger partial charge in [-0.25, -0.2) is 0 Å². The Balaban J connectivity index is 1.54.